The Hall–Kier alpha value is -6.38. The summed E-state index contributed by atoms with van der Waals surface area (Å²) in [5.41, 5.74) is 16.5. The molecule has 0 atom stereocenters. The van der Waals surface area contributed by atoms with Crippen LogP contribution in [0, 0.1) is 20.8 Å². The molecule has 53 heavy (non-hydrogen) atoms. The lowest BCUT2D eigenvalue weighted by atomic mass is 10.0. The Kier molecular flexibility index (Phi) is 9.36. The van der Waals surface area contributed by atoms with Gasteiger partial charge in [0.1, 0.15) is 0 Å². The summed E-state index contributed by atoms with van der Waals surface area (Å²) in [6, 6.07) is 66.8. The zero-order valence-corrected chi connectivity index (χ0v) is 30.9. The fourth-order valence-electron chi connectivity index (χ4n) is 7.25. The first kappa shape index (κ1) is 33.7. The van der Waals surface area contributed by atoms with Crippen LogP contribution in [-0.2, 0) is 6.42 Å². The van der Waals surface area contributed by atoms with E-state index in [2.05, 4.69) is 219 Å². The fraction of sp³-hybridized carbons (Fsp3) is 0.0980. The van der Waals surface area contributed by atoms with Crippen molar-refractivity contribution in [2.24, 2.45) is 0 Å². The van der Waals surface area contributed by atoms with Crippen LogP contribution >= 0.6 is 0 Å². The summed E-state index contributed by atoms with van der Waals surface area (Å²) >= 11 is 0. The van der Waals surface area contributed by atoms with Gasteiger partial charge in [-0.05, 0) is 138 Å². The maximum Gasteiger partial charge on any atom is 0.0708 e. The first-order valence-corrected chi connectivity index (χ1v) is 18.6. The lowest BCUT2D eigenvalue weighted by Gasteiger charge is -2.34. The summed E-state index contributed by atoms with van der Waals surface area (Å²) in [6.45, 7) is 8.67. The molecule has 0 unspecified atom stereocenters. The summed E-state index contributed by atoms with van der Waals surface area (Å²) in [7, 11) is 0. The molecule has 0 aliphatic carbocycles. The van der Waals surface area contributed by atoms with E-state index in [1.54, 1.807) is 0 Å². The first-order chi connectivity index (χ1) is 25.9. The molecule has 0 aliphatic heterocycles. The molecule has 0 heterocycles. The van der Waals surface area contributed by atoms with E-state index < -0.39 is 0 Å². The van der Waals surface area contributed by atoms with Crippen LogP contribution in [0.2, 0.25) is 0 Å². The van der Waals surface area contributed by atoms with Crippen molar-refractivity contribution in [1.29, 1.82) is 0 Å². The molecule has 258 valence electrons. The molecule has 0 saturated carbocycles. The van der Waals surface area contributed by atoms with Crippen molar-refractivity contribution >= 4 is 44.9 Å². The van der Waals surface area contributed by atoms with Gasteiger partial charge in [-0.2, -0.15) is 0 Å². The van der Waals surface area contributed by atoms with E-state index in [1.165, 1.54) is 55.3 Å². The number of rotatable bonds is 9. The van der Waals surface area contributed by atoms with Crippen LogP contribution in [0.15, 0.2) is 182 Å². The summed E-state index contributed by atoms with van der Waals surface area (Å²) < 4.78 is 0. The maximum atomic E-state index is 2.42. The Morgan fingerprint density at radius 2 is 0.736 bits per heavy atom. The second-order valence-electron chi connectivity index (χ2n) is 14.0. The molecule has 2 nitrogen and oxygen atoms in total. The molecule has 0 amide bonds. The van der Waals surface area contributed by atoms with Crippen molar-refractivity contribution in [3.63, 3.8) is 0 Å². The van der Waals surface area contributed by atoms with E-state index in [4.69, 9.17) is 0 Å². The Morgan fingerprint density at radius 3 is 1.13 bits per heavy atom. The molecule has 0 fully saturated rings. The Labute approximate surface area is 314 Å². The van der Waals surface area contributed by atoms with E-state index >= 15 is 0 Å². The minimum absolute atomic E-state index is 1.04. The minimum atomic E-state index is 1.04. The van der Waals surface area contributed by atoms with Crippen molar-refractivity contribution in [2.45, 2.75) is 34.1 Å². The zero-order valence-electron chi connectivity index (χ0n) is 30.9. The number of anilines is 6. The Morgan fingerprint density at radius 1 is 0.340 bits per heavy atom. The maximum absolute atomic E-state index is 2.42. The smallest absolute Gasteiger partial charge is 0.0708 e. The fourth-order valence-corrected chi connectivity index (χ4v) is 7.25. The van der Waals surface area contributed by atoms with Gasteiger partial charge in [0.2, 0.25) is 0 Å². The molecule has 0 N–H and O–H groups in total. The Bertz CT molecular complexity index is 2490. The monoisotopic (exact) mass is 684 g/mol. The van der Waals surface area contributed by atoms with Crippen molar-refractivity contribution in [1.82, 2.24) is 0 Å². The van der Waals surface area contributed by atoms with Gasteiger partial charge in [0.25, 0.3) is 0 Å². The van der Waals surface area contributed by atoms with Gasteiger partial charge in [-0.3, -0.25) is 0 Å². The lowest BCUT2D eigenvalue weighted by molar-refractivity contribution is 1.14. The van der Waals surface area contributed by atoms with E-state index in [9.17, 15) is 0 Å². The van der Waals surface area contributed by atoms with Crippen LogP contribution in [0.1, 0.15) is 29.2 Å². The van der Waals surface area contributed by atoms with Gasteiger partial charge in [0.15, 0.2) is 0 Å². The van der Waals surface area contributed by atoms with Crippen molar-refractivity contribution in [3.8, 4) is 22.3 Å². The van der Waals surface area contributed by atoms with Gasteiger partial charge >= 0.3 is 0 Å². The number of hydrogen-bond donors (Lipinski definition) is 0. The molecular formula is C51H44N2. The third kappa shape index (κ3) is 7.09. The average Bonchev–Trinajstić information content (AvgIpc) is 3.19. The topological polar surface area (TPSA) is 6.48 Å². The highest BCUT2D eigenvalue weighted by Crippen LogP contribution is 2.48. The van der Waals surface area contributed by atoms with Gasteiger partial charge in [-0.15, -0.1) is 0 Å². The molecule has 8 rings (SSSR count). The highest BCUT2D eigenvalue weighted by Gasteiger charge is 2.24. The van der Waals surface area contributed by atoms with Gasteiger partial charge in [-0.1, -0.05) is 134 Å². The molecule has 8 aromatic rings. The third-order valence-corrected chi connectivity index (χ3v) is 10.2. The van der Waals surface area contributed by atoms with E-state index in [1.807, 2.05) is 0 Å². The average molecular weight is 685 g/mol. The van der Waals surface area contributed by atoms with Crippen LogP contribution in [0.25, 0.3) is 33.0 Å². The molecule has 0 aromatic heterocycles. The molecular weight excluding hydrogens is 641 g/mol. The Balaban J connectivity index is 1.34. The normalized spacial score (nSPS) is 11.1. The summed E-state index contributed by atoms with van der Waals surface area (Å²) in [6.07, 6.45) is 1.04. The van der Waals surface area contributed by atoms with Gasteiger partial charge in [0.05, 0.1) is 11.4 Å². The summed E-state index contributed by atoms with van der Waals surface area (Å²) in [5, 5.41) is 2.38. The van der Waals surface area contributed by atoms with Gasteiger partial charge < -0.3 is 9.80 Å². The highest BCUT2D eigenvalue weighted by molar-refractivity contribution is 6.00. The van der Waals surface area contributed by atoms with Gasteiger partial charge in [-0.25, -0.2) is 0 Å². The van der Waals surface area contributed by atoms with Crippen LogP contribution in [0.3, 0.4) is 0 Å². The van der Waals surface area contributed by atoms with Crippen LogP contribution in [0.5, 0.6) is 0 Å². The summed E-state index contributed by atoms with van der Waals surface area (Å²) in [4.78, 5) is 4.84. The molecule has 2 heteroatoms. The number of hydrogen-bond acceptors (Lipinski definition) is 2. The van der Waals surface area contributed by atoms with Crippen LogP contribution < -0.4 is 9.80 Å². The van der Waals surface area contributed by atoms with E-state index in [0.29, 0.717) is 0 Å². The second kappa shape index (κ2) is 14.7. The molecule has 0 bridgehead atoms. The predicted molar refractivity (Wildman–Crippen MR) is 228 cm³/mol. The van der Waals surface area contributed by atoms with Gasteiger partial charge in [0, 0.05) is 22.7 Å². The van der Waals surface area contributed by atoms with Crippen LogP contribution in [0.4, 0.5) is 34.1 Å². The predicted octanol–water partition coefficient (Wildman–Crippen LogP) is 14.6. The van der Waals surface area contributed by atoms with E-state index in [-0.39, 0.29) is 0 Å². The molecule has 8 aromatic carbocycles. The number of nitrogens with zero attached hydrogens (tertiary/aromatic N) is 2. The van der Waals surface area contributed by atoms with E-state index in [0.717, 1.165) is 40.5 Å². The summed E-state index contributed by atoms with van der Waals surface area (Å²) in [5.74, 6) is 0. The molecule has 0 spiro atoms. The standard InChI is InChI=1S/C51H44N2/c1-5-39-18-22-41(23-19-39)43-26-30-47(31-27-43)53(49-15-9-11-38(4)33-49)51-35-45-13-7-6-12-44(45)34-50(51)52(48-14-8-10-37(3)32-48)46-28-24-42(25-29-46)40-20-16-36(2)17-21-40/h6-35H,5H2,1-4H3. The minimum Gasteiger partial charge on any atom is -0.308 e. The number of fused-ring (bicyclic) bond motifs is 1. The molecule has 0 saturated heterocycles. The van der Waals surface area contributed by atoms with Crippen LogP contribution in [-0.4, -0.2) is 0 Å². The number of benzene rings is 8. The van der Waals surface area contributed by atoms with Crippen molar-refractivity contribution in [2.75, 3.05) is 9.80 Å². The SMILES string of the molecule is CCc1ccc(-c2ccc(N(c3cccc(C)c3)c3cc4ccccc4cc3N(c3ccc(-c4ccc(C)cc4)cc3)c3cccc(C)c3)cc2)cc1. The largest absolute Gasteiger partial charge is 0.308 e. The lowest BCUT2D eigenvalue weighted by Crippen LogP contribution is -2.17. The highest BCUT2D eigenvalue weighted by atomic mass is 15.2. The number of aryl methyl sites for hydroxylation is 4. The molecule has 0 radical (unpaired) electrons. The van der Waals surface area contributed by atoms with Crippen molar-refractivity contribution < 1.29 is 0 Å². The third-order valence-electron chi connectivity index (χ3n) is 10.2. The second-order valence-corrected chi connectivity index (χ2v) is 14.0. The quantitative estimate of drug-likeness (QED) is 0.149. The van der Waals surface area contributed by atoms with Crippen molar-refractivity contribution in [3.05, 3.63) is 204 Å². The zero-order chi connectivity index (χ0) is 36.3. The first-order valence-electron chi connectivity index (χ1n) is 18.6. The molecule has 0 aliphatic rings.